The van der Waals surface area contributed by atoms with Gasteiger partial charge in [-0.1, -0.05) is 35.9 Å². The average molecular weight is 410 g/mol. The predicted molar refractivity (Wildman–Crippen MR) is 104 cm³/mol. The van der Waals surface area contributed by atoms with Crippen LogP contribution >= 0.6 is 0 Å². The van der Waals surface area contributed by atoms with E-state index in [-0.39, 0.29) is 30.8 Å². The zero-order chi connectivity index (χ0) is 21.0. The third-order valence-electron chi connectivity index (χ3n) is 5.40. The van der Waals surface area contributed by atoms with E-state index in [0.29, 0.717) is 12.8 Å². The molecule has 1 fully saturated rings. The predicted octanol–water partition coefficient (Wildman–Crippen LogP) is 6.45. The summed E-state index contributed by atoms with van der Waals surface area (Å²) in [5, 5.41) is 0. The van der Waals surface area contributed by atoms with Crippen LogP contribution in [0.4, 0.5) is 17.6 Å². The van der Waals surface area contributed by atoms with Gasteiger partial charge in [0.05, 0.1) is 19.3 Å². The van der Waals surface area contributed by atoms with Crippen LogP contribution in [0.15, 0.2) is 36.4 Å². The molecule has 0 aliphatic carbocycles. The van der Waals surface area contributed by atoms with Crippen LogP contribution in [0.25, 0.3) is 0 Å². The molecule has 0 aromatic heterocycles. The van der Waals surface area contributed by atoms with E-state index in [0.717, 1.165) is 12.8 Å². The molecular formula is C23H26F4O2. The van der Waals surface area contributed by atoms with Crippen LogP contribution in [0.5, 0.6) is 5.75 Å². The van der Waals surface area contributed by atoms with E-state index in [1.165, 1.54) is 23.3 Å². The molecule has 0 amide bonds. The molecule has 0 radical (unpaired) electrons. The molecule has 2 atom stereocenters. The van der Waals surface area contributed by atoms with Gasteiger partial charge in [-0.25, -0.2) is 4.39 Å². The Kier molecular flexibility index (Phi) is 6.83. The summed E-state index contributed by atoms with van der Waals surface area (Å²) in [7, 11) is 0. The van der Waals surface area contributed by atoms with Crippen molar-refractivity contribution in [3.05, 3.63) is 64.5 Å². The minimum absolute atomic E-state index is 0.0388. The normalized spacial score (nSPS) is 19.9. The van der Waals surface area contributed by atoms with Crippen molar-refractivity contribution in [2.45, 2.75) is 57.7 Å². The summed E-state index contributed by atoms with van der Waals surface area (Å²) in [6.45, 7) is 3.87. The first-order valence-electron chi connectivity index (χ1n) is 9.99. The molecule has 6 heteroatoms. The maximum absolute atomic E-state index is 14.8. The van der Waals surface area contributed by atoms with E-state index in [1.54, 1.807) is 6.92 Å². The summed E-state index contributed by atoms with van der Waals surface area (Å²) in [5.74, 6) is -2.09. The fraction of sp³-hybridized carbons (Fsp3) is 0.478. The Morgan fingerprint density at radius 1 is 1.07 bits per heavy atom. The monoisotopic (exact) mass is 410 g/mol. The molecule has 1 heterocycles. The Bertz CT molecular complexity index is 807. The summed E-state index contributed by atoms with van der Waals surface area (Å²) in [5.41, 5.74) is 1.17. The van der Waals surface area contributed by atoms with Gasteiger partial charge in [0.1, 0.15) is 17.1 Å². The minimum Gasteiger partial charge on any atom is -0.493 e. The molecule has 3 rings (SSSR count). The molecule has 0 bridgehead atoms. The van der Waals surface area contributed by atoms with Gasteiger partial charge in [-0.15, -0.1) is 0 Å². The molecule has 2 nitrogen and oxygen atoms in total. The summed E-state index contributed by atoms with van der Waals surface area (Å²) in [6.07, 6.45) is -1.75. The summed E-state index contributed by atoms with van der Waals surface area (Å²) in [4.78, 5) is 0. The molecule has 2 aromatic rings. The summed E-state index contributed by atoms with van der Waals surface area (Å²) in [6, 6.07) is 10.9. The van der Waals surface area contributed by atoms with E-state index >= 15 is 0 Å². The maximum Gasteiger partial charge on any atom is 0.422 e. The number of halogens is 4. The second-order valence-electron chi connectivity index (χ2n) is 7.53. The second kappa shape index (κ2) is 9.16. The smallest absolute Gasteiger partial charge is 0.422 e. The van der Waals surface area contributed by atoms with Gasteiger partial charge in [0.15, 0.2) is 0 Å². The lowest BCUT2D eigenvalue weighted by atomic mass is 9.88. The minimum atomic E-state index is -4.81. The quantitative estimate of drug-likeness (QED) is 0.510. The average Bonchev–Trinajstić information content (AvgIpc) is 2.67. The van der Waals surface area contributed by atoms with Gasteiger partial charge in [0, 0.05) is 5.92 Å². The summed E-state index contributed by atoms with van der Waals surface area (Å²) < 4.78 is 65.8. The Balaban J connectivity index is 1.65. The third kappa shape index (κ3) is 5.30. The SMILES string of the molecule is CCOc1ccc(C2CCC(CCc3ccc(C)cc3)OC2)c(F)c1C(F)(F)F. The van der Waals surface area contributed by atoms with E-state index < -0.39 is 23.3 Å². The van der Waals surface area contributed by atoms with Crippen molar-refractivity contribution >= 4 is 0 Å². The van der Waals surface area contributed by atoms with Crippen LogP contribution < -0.4 is 4.74 Å². The van der Waals surface area contributed by atoms with Gasteiger partial charge in [-0.2, -0.15) is 13.2 Å². The summed E-state index contributed by atoms with van der Waals surface area (Å²) >= 11 is 0. The first-order valence-corrected chi connectivity index (χ1v) is 9.99. The maximum atomic E-state index is 14.8. The lowest BCUT2D eigenvalue weighted by molar-refractivity contribution is -0.141. The molecule has 1 aliphatic rings. The molecule has 2 aromatic carbocycles. The molecular weight excluding hydrogens is 384 g/mol. The van der Waals surface area contributed by atoms with Gasteiger partial charge >= 0.3 is 6.18 Å². The van der Waals surface area contributed by atoms with Crippen molar-refractivity contribution in [1.29, 1.82) is 0 Å². The lowest BCUT2D eigenvalue weighted by Gasteiger charge is -2.30. The number of alkyl halides is 3. The first-order chi connectivity index (χ1) is 13.8. The Morgan fingerprint density at radius 2 is 1.79 bits per heavy atom. The molecule has 1 aliphatic heterocycles. The standard InChI is InChI=1S/C23H26F4O2/c1-3-28-20-13-12-19(22(24)21(20)23(25,26)27)17-9-11-18(29-14-17)10-8-16-6-4-15(2)5-7-16/h4-7,12-13,17-18H,3,8-11,14H2,1-2H3. The Labute approximate surface area is 168 Å². The van der Waals surface area contributed by atoms with Crippen LogP contribution in [0.2, 0.25) is 0 Å². The second-order valence-corrected chi connectivity index (χ2v) is 7.53. The topological polar surface area (TPSA) is 18.5 Å². The van der Waals surface area contributed by atoms with Crippen LogP contribution in [0, 0.1) is 12.7 Å². The zero-order valence-corrected chi connectivity index (χ0v) is 16.7. The molecule has 29 heavy (non-hydrogen) atoms. The number of hydrogen-bond acceptors (Lipinski definition) is 2. The molecule has 2 unspecified atom stereocenters. The van der Waals surface area contributed by atoms with Gasteiger partial charge in [-0.05, 0) is 56.7 Å². The zero-order valence-electron chi connectivity index (χ0n) is 16.7. The fourth-order valence-electron chi connectivity index (χ4n) is 3.79. The number of rotatable bonds is 6. The Morgan fingerprint density at radius 3 is 2.38 bits per heavy atom. The van der Waals surface area contributed by atoms with Crippen molar-refractivity contribution < 1.29 is 27.0 Å². The van der Waals surface area contributed by atoms with Crippen molar-refractivity contribution in [2.24, 2.45) is 0 Å². The van der Waals surface area contributed by atoms with E-state index in [2.05, 4.69) is 24.3 Å². The molecule has 158 valence electrons. The third-order valence-corrected chi connectivity index (χ3v) is 5.40. The molecule has 0 spiro atoms. The molecule has 0 N–H and O–H groups in total. The van der Waals surface area contributed by atoms with E-state index in [4.69, 9.17) is 9.47 Å². The van der Waals surface area contributed by atoms with Crippen molar-refractivity contribution in [2.75, 3.05) is 13.2 Å². The highest BCUT2D eigenvalue weighted by atomic mass is 19.4. The number of aryl methyl sites for hydroxylation is 2. The van der Waals surface area contributed by atoms with E-state index in [1.807, 2.05) is 6.92 Å². The van der Waals surface area contributed by atoms with Crippen molar-refractivity contribution in [3.8, 4) is 5.75 Å². The van der Waals surface area contributed by atoms with Crippen molar-refractivity contribution in [1.82, 2.24) is 0 Å². The highest BCUT2D eigenvalue weighted by Crippen LogP contribution is 2.42. The van der Waals surface area contributed by atoms with Crippen LogP contribution in [0.3, 0.4) is 0 Å². The van der Waals surface area contributed by atoms with E-state index in [9.17, 15) is 17.6 Å². The van der Waals surface area contributed by atoms with Gasteiger partial charge in [0.2, 0.25) is 0 Å². The van der Waals surface area contributed by atoms with Crippen molar-refractivity contribution in [3.63, 3.8) is 0 Å². The highest BCUT2D eigenvalue weighted by molar-refractivity contribution is 5.42. The van der Waals surface area contributed by atoms with Crippen LogP contribution in [-0.2, 0) is 17.3 Å². The van der Waals surface area contributed by atoms with Gasteiger partial charge in [0.25, 0.3) is 0 Å². The largest absolute Gasteiger partial charge is 0.493 e. The van der Waals surface area contributed by atoms with Gasteiger partial charge in [-0.3, -0.25) is 0 Å². The number of ether oxygens (including phenoxy) is 2. The van der Waals surface area contributed by atoms with Crippen LogP contribution in [0.1, 0.15) is 54.4 Å². The lowest BCUT2D eigenvalue weighted by Crippen LogP contribution is -2.26. The number of hydrogen-bond donors (Lipinski definition) is 0. The van der Waals surface area contributed by atoms with Gasteiger partial charge < -0.3 is 9.47 Å². The fourth-order valence-corrected chi connectivity index (χ4v) is 3.79. The Hall–Kier alpha value is -2.08. The number of benzene rings is 2. The first kappa shape index (κ1) is 21.6. The molecule has 0 saturated carbocycles. The molecule has 1 saturated heterocycles. The highest BCUT2D eigenvalue weighted by Gasteiger charge is 2.40. The van der Waals surface area contributed by atoms with Crippen LogP contribution in [-0.4, -0.2) is 19.3 Å².